The molecule has 0 fully saturated rings. The molecule has 1 N–H and O–H groups in total. The van der Waals surface area contributed by atoms with Gasteiger partial charge in [-0.05, 0) is 15.9 Å². The van der Waals surface area contributed by atoms with Gasteiger partial charge >= 0.3 is 5.69 Å². The highest BCUT2D eigenvalue weighted by atomic mass is 79.9. The Labute approximate surface area is 89.1 Å². The van der Waals surface area contributed by atoms with Crippen molar-refractivity contribution in [3.63, 3.8) is 0 Å². The summed E-state index contributed by atoms with van der Waals surface area (Å²) in [6, 6.07) is 1.40. The average molecular weight is 258 g/mol. The van der Waals surface area contributed by atoms with E-state index in [0.717, 1.165) is 0 Å². The second-order valence-electron chi connectivity index (χ2n) is 2.45. The van der Waals surface area contributed by atoms with E-state index in [1.807, 2.05) is 0 Å². The van der Waals surface area contributed by atoms with E-state index in [9.17, 15) is 10.1 Å². The number of nitrogens with one attached hydrogen (secondary N) is 1. The number of nitro groups is 1. The second kappa shape index (κ2) is 4.71. The van der Waals surface area contributed by atoms with Crippen LogP contribution in [0.4, 0.5) is 11.5 Å². The summed E-state index contributed by atoms with van der Waals surface area (Å²) in [5.41, 5.74) is -0.0544. The van der Waals surface area contributed by atoms with Crippen molar-refractivity contribution in [2.75, 3.05) is 11.9 Å². The molecule has 1 rings (SSSR count). The van der Waals surface area contributed by atoms with Crippen LogP contribution in [0.1, 0.15) is 0 Å². The lowest BCUT2D eigenvalue weighted by Gasteiger charge is -2.02. The molecule has 0 amide bonds. The molecule has 0 radical (unpaired) electrons. The summed E-state index contributed by atoms with van der Waals surface area (Å²) in [5, 5.41) is 13.4. The number of hydrogen-bond donors (Lipinski definition) is 1. The van der Waals surface area contributed by atoms with Crippen LogP contribution in [-0.2, 0) is 0 Å². The topological polar surface area (TPSA) is 68.1 Å². The summed E-state index contributed by atoms with van der Waals surface area (Å²) in [7, 11) is 0. The summed E-state index contributed by atoms with van der Waals surface area (Å²) < 4.78 is 0.577. The normalized spacial score (nSPS) is 9.50. The van der Waals surface area contributed by atoms with Crippen LogP contribution >= 0.6 is 15.9 Å². The van der Waals surface area contributed by atoms with Crippen molar-refractivity contribution in [1.82, 2.24) is 4.98 Å². The van der Waals surface area contributed by atoms with Crippen molar-refractivity contribution < 1.29 is 4.92 Å². The molecule has 0 saturated heterocycles. The molecule has 0 atom stereocenters. The monoisotopic (exact) mass is 257 g/mol. The molecule has 0 aromatic carbocycles. The highest BCUT2D eigenvalue weighted by Gasteiger charge is 2.14. The van der Waals surface area contributed by atoms with Crippen molar-refractivity contribution in [1.29, 1.82) is 0 Å². The van der Waals surface area contributed by atoms with E-state index in [2.05, 4.69) is 32.8 Å². The second-order valence-corrected chi connectivity index (χ2v) is 3.36. The van der Waals surface area contributed by atoms with Crippen molar-refractivity contribution in [2.45, 2.75) is 0 Å². The zero-order valence-electron chi connectivity index (χ0n) is 7.24. The van der Waals surface area contributed by atoms with Crippen LogP contribution in [0.5, 0.6) is 0 Å². The number of rotatable bonds is 4. The molecule has 14 heavy (non-hydrogen) atoms. The van der Waals surface area contributed by atoms with Crippen LogP contribution in [0.25, 0.3) is 0 Å². The molecule has 0 aliphatic carbocycles. The zero-order valence-corrected chi connectivity index (χ0v) is 8.82. The molecule has 1 aromatic rings. The number of halogens is 1. The fraction of sp³-hybridized carbons (Fsp3) is 0.125. The summed E-state index contributed by atoms with van der Waals surface area (Å²) >= 11 is 3.12. The fourth-order valence-corrected chi connectivity index (χ4v) is 1.19. The highest BCUT2D eigenvalue weighted by molar-refractivity contribution is 9.10. The maximum atomic E-state index is 10.6. The van der Waals surface area contributed by atoms with Gasteiger partial charge in [0.15, 0.2) is 0 Å². The van der Waals surface area contributed by atoms with E-state index < -0.39 is 4.92 Å². The van der Waals surface area contributed by atoms with Gasteiger partial charge in [-0.1, -0.05) is 6.08 Å². The number of pyridine rings is 1. The standard InChI is InChI=1S/C8H8BrN3O2/c1-2-3-10-8-7(12(13)14)4-6(9)5-11-8/h2,4-5H,1,3H2,(H,10,11). The third kappa shape index (κ3) is 2.53. The SMILES string of the molecule is C=CCNc1ncc(Br)cc1[N+](=O)[O-]. The highest BCUT2D eigenvalue weighted by Crippen LogP contribution is 2.24. The van der Waals surface area contributed by atoms with E-state index in [-0.39, 0.29) is 11.5 Å². The summed E-state index contributed by atoms with van der Waals surface area (Å²) in [6.07, 6.45) is 3.10. The molecule has 0 aliphatic rings. The first-order valence-corrected chi connectivity index (χ1v) is 4.59. The zero-order chi connectivity index (χ0) is 10.6. The van der Waals surface area contributed by atoms with Gasteiger partial charge < -0.3 is 5.32 Å². The quantitative estimate of drug-likeness (QED) is 0.511. The molecule has 0 unspecified atom stereocenters. The molecule has 0 bridgehead atoms. The smallest absolute Gasteiger partial charge is 0.312 e. The first kappa shape index (κ1) is 10.6. The van der Waals surface area contributed by atoms with Crippen LogP contribution in [0.2, 0.25) is 0 Å². The van der Waals surface area contributed by atoms with Crippen molar-refractivity contribution in [3.05, 3.63) is 39.5 Å². The van der Waals surface area contributed by atoms with Crippen molar-refractivity contribution in [2.24, 2.45) is 0 Å². The van der Waals surface area contributed by atoms with Crippen LogP contribution in [0, 0.1) is 10.1 Å². The van der Waals surface area contributed by atoms with Crippen molar-refractivity contribution in [3.8, 4) is 0 Å². The minimum absolute atomic E-state index is 0.0544. The van der Waals surface area contributed by atoms with Gasteiger partial charge in [0.2, 0.25) is 5.82 Å². The van der Waals surface area contributed by atoms with Gasteiger partial charge in [-0.2, -0.15) is 0 Å². The lowest BCUT2D eigenvalue weighted by atomic mass is 10.4. The first-order valence-electron chi connectivity index (χ1n) is 3.80. The van der Waals surface area contributed by atoms with Crippen LogP contribution < -0.4 is 5.32 Å². The van der Waals surface area contributed by atoms with Gasteiger partial charge in [0, 0.05) is 23.3 Å². The molecule has 1 heterocycles. The van der Waals surface area contributed by atoms with Crippen LogP contribution in [-0.4, -0.2) is 16.5 Å². The van der Waals surface area contributed by atoms with Crippen molar-refractivity contribution >= 4 is 27.4 Å². The Bertz CT molecular complexity index is 368. The fourth-order valence-electron chi connectivity index (χ4n) is 0.873. The summed E-state index contributed by atoms with van der Waals surface area (Å²) in [5.74, 6) is 0.248. The molecular formula is C8H8BrN3O2. The summed E-state index contributed by atoms with van der Waals surface area (Å²) in [6.45, 7) is 3.94. The minimum atomic E-state index is -0.483. The van der Waals surface area contributed by atoms with Gasteiger partial charge in [-0.3, -0.25) is 10.1 Å². The van der Waals surface area contributed by atoms with Crippen LogP contribution in [0.15, 0.2) is 29.4 Å². The molecule has 0 saturated carbocycles. The van der Waals surface area contributed by atoms with Gasteiger partial charge in [0.1, 0.15) is 0 Å². The lowest BCUT2D eigenvalue weighted by Crippen LogP contribution is -2.03. The Morgan fingerprint density at radius 2 is 2.50 bits per heavy atom. The molecule has 1 aromatic heterocycles. The van der Waals surface area contributed by atoms with Gasteiger partial charge in [0.05, 0.1) is 4.92 Å². The Morgan fingerprint density at radius 1 is 1.79 bits per heavy atom. The van der Waals surface area contributed by atoms with E-state index in [1.165, 1.54) is 12.3 Å². The first-order chi connectivity index (χ1) is 6.65. The van der Waals surface area contributed by atoms with E-state index in [0.29, 0.717) is 11.0 Å². The Balaban J connectivity index is 3.01. The lowest BCUT2D eigenvalue weighted by molar-refractivity contribution is -0.384. The third-order valence-corrected chi connectivity index (χ3v) is 1.88. The maximum absolute atomic E-state index is 10.6. The number of nitrogens with zero attached hydrogens (tertiary/aromatic N) is 2. The Morgan fingerprint density at radius 3 is 3.07 bits per heavy atom. The summed E-state index contributed by atoms with van der Waals surface area (Å²) in [4.78, 5) is 14.0. The number of aromatic nitrogens is 1. The third-order valence-electron chi connectivity index (χ3n) is 1.44. The van der Waals surface area contributed by atoms with E-state index >= 15 is 0 Å². The molecule has 5 nitrogen and oxygen atoms in total. The Kier molecular flexibility index (Phi) is 3.58. The van der Waals surface area contributed by atoms with E-state index in [1.54, 1.807) is 6.08 Å². The number of hydrogen-bond acceptors (Lipinski definition) is 4. The predicted molar refractivity (Wildman–Crippen MR) is 57.3 cm³/mol. The van der Waals surface area contributed by atoms with Crippen LogP contribution in [0.3, 0.4) is 0 Å². The molecule has 6 heteroatoms. The molecule has 0 spiro atoms. The van der Waals surface area contributed by atoms with Gasteiger partial charge in [-0.15, -0.1) is 6.58 Å². The predicted octanol–water partition coefficient (Wildman–Crippen LogP) is 2.35. The van der Waals surface area contributed by atoms with E-state index in [4.69, 9.17) is 0 Å². The molecule has 74 valence electrons. The number of anilines is 1. The van der Waals surface area contributed by atoms with Gasteiger partial charge in [-0.25, -0.2) is 4.98 Å². The maximum Gasteiger partial charge on any atom is 0.312 e. The molecule has 0 aliphatic heterocycles. The largest absolute Gasteiger partial charge is 0.361 e. The minimum Gasteiger partial charge on any atom is -0.361 e. The average Bonchev–Trinajstić information content (AvgIpc) is 2.15. The molecular weight excluding hydrogens is 250 g/mol. The van der Waals surface area contributed by atoms with Gasteiger partial charge in [0.25, 0.3) is 0 Å². The Hall–Kier alpha value is -1.43.